The van der Waals surface area contributed by atoms with Gasteiger partial charge >= 0.3 is 0 Å². The normalized spacial score (nSPS) is 20.6. The summed E-state index contributed by atoms with van der Waals surface area (Å²) in [6.07, 6.45) is 2.21. The number of ether oxygens (including phenoxy) is 2. The lowest BCUT2D eigenvalue weighted by molar-refractivity contribution is 0.0854. The Hall–Kier alpha value is -3.39. The van der Waals surface area contributed by atoms with Gasteiger partial charge in [0.2, 0.25) is 0 Å². The van der Waals surface area contributed by atoms with Crippen LogP contribution in [0.5, 0.6) is 5.75 Å². The van der Waals surface area contributed by atoms with Crippen LogP contribution in [0, 0.1) is 12.3 Å². The molecule has 1 unspecified atom stereocenters. The highest BCUT2D eigenvalue weighted by Crippen LogP contribution is 2.44. The monoisotopic (exact) mass is 393 g/mol. The lowest BCUT2D eigenvalue weighted by Crippen LogP contribution is -2.24. The number of fused-ring (bicyclic) bond motifs is 1. The molecule has 0 bridgehead atoms. The lowest BCUT2D eigenvalue weighted by atomic mass is 10.1. The third-order valence-electron chi connectivity index (χ3n) is 5.59. The minimum absolute atomic E-state index is 0.110. The molecule has 29 heavy (non-hydrogen) atoms. The number of carbonyl (C=O) groups is 1. The lowest BCUT2D eigenvalue weighted by Gasteiger charge is -2.08. The van der Waals surface area contributed by atoms with Crippen molar-refractivity contribution in [3.63, 3.8) is 0 Å². The first-order chi connectivity index (χ1) is 14.0. The molecule has 2 fully saturated rings. The number of aromatic amines is 1. The predicted molar refractivity (Wildman–Crippen MR) is 104 cm³/mol. The van der Waals surface area contributed by atoms with E-state index in [1.165, 1.54) is 4.90 Å². The first kappa shape index (κ1) is 17.7. The number of furan rings is 1. The van der Waals surface area contributed by atoms with Crippen LogP contribution in [0.2, 0.25) is 0 Å². The van der Waals surface area contributed by atoms with Gasteiger partial charge in [-0.25, -0.2) is 0 Å². The molecule has 8 nitrogen and oxygen atoms in total. The topological polar surface area (TPSA) is 108 Å². The minimum atomic E-state index is -0.588. The van der Waals surface area contributed by atoms with E-state index in [4.69, 9.17) is 19.3 Å². The van der Waals surface area contributed by atoms with Crippen molar-refractivity contribution in [2.45, 2.75) is 25.5 Å². The van der Waals surface area contributed by atoms with E-state index in [0.29, 0.717) is 59.1 Å². The van der Waals surface area contributed by atoms with E-state index in [1.54, 1.807) is 43.5 Å². The van der Waals surface area contributed by atoms with E-state index in [0.717, 1.165) is 0 Å². The minimum Gasteiger partial charge on any atom is -0.489 e. The maximum Gasteiger partial charge on any atom is 0.264 e. The molecule has 4 heterocycles. The molecule has 1 aromatic carbocycles. The molecule has 0 aliphatic carbocycles. The quantitative estimate of drug-likeness (QED) is 0.663. The molecule has 2 aromatic heterocycles. The van der Waals surface area contributed by atoms with E-state index >= 15 is 0 Å². The predicted octanol–water partition coefficient (Wildman–Crippen LogP) is 2.60. The Bertz CT molecular complexity index is 1200. The van der Waals surface area contributed by atoms with Crippen molar-refractivity contribution in [2.75, 3.05) is 13.2 Å². The maximum atomic E-state index is 13.2. The van der Waals surface area contributed by atoms with Gasteiger partial charge in [-0.3, -0.25) is 19.9 Å². The standard InChI is InChI=1S/C21H19N3O5/c1-12-17(19(26)24-20(22)21(24)6-8-27-11-21)15-9-14(4-5-16(15)29-12)28-10-13-3-2-7-23-18(13)25/h2-5,7,9,22H,6,8,10-11H2,1H3,(H,23,25). The first-order valence-corrected chi connectivity index (χ1v) is 9.35. The number of hydrogen-bond donors (Lipinski definition) is 2. The molecule has 2 aliphatic rings. The largest absolute Gasteiger partial charge is 0.489 e. The third-order valence-corrected chi connectivity index (χ3v) is 5.59. The van der Waals surface area contributed by atoms with Crippen molar-refractivity contribution in [1.29, 1.82) is 5.41 Å². The van der Waals surface area contributed by atoms with Crippen LogP contribution in [0.15, 0.2) is 45.7 Å². The van der Waals surface area contributed by atoms with Crippen molar-refractivity contribution < 1.29 is 18.7 Å². The fourth-order valence-corrected chi connectivity index (χ4v) is 3.93. The summed E-state index contributed by atoms with van der Waals surface area (Å²) in [6.45, 7) is 2.77. The number of hydrogen-bond acceptors (Lipinski definition) is 6. The van der Waals surface area contributed by atoms with Gasteiger partial charge in [0.05, 0.1) is 17.7 Å². The smallest absolute Gasteiger partial charge is 0.264 e. The molecule has 2 aliphatic heterocycles. The Morgan fingerprint density at radius 2 is 2.24 bits per heavy atom. The van der Waals surface area contributed by atoms with Crippen molar-refractivity contribution in [2.24, 2.45) is 0 Å². The molecule has 2 saturated heterocycles. The molecule has 2 N–H and O–H groups in total. The number of carbonyl (C=O) groups excluding carboxylic acids is 1. The average molecular weight is 393 g/mol. The van der Waals surface area contributed by atoms with Gasteiger partial charge in [0, 0.05) is 24.6 Å². The Labute approximate surface area is 165 Å². The molecule has 5 rings (SSSR count). The van der Waals surface area contributed by atoms with Crippen molar-refractivity contribution in [1.82, 2.24) is 9.88 Å². The van der Waals surface area contributed by atoms with Crippen LogP contribution in [-0.4, -0.2) is 40.4 Å². The van der Waals surface area contributed by atoms with E-state index in [9.17, 15) is 9.59 Å². The van der Waals surface area contributed by atoms with Crippen molar-refractivity contribution in [3.05, 3.63) is 63.8 Å². The van der Waals surface area contributed by atoms with Crippen molar-refractivity contribution >= 4 is 22.7 Å². The fourth-order valence-electron chi connectivity index (χ4n) is 3.93. The van der Waals surface area contributed by atoms with Gasteiger partial charge in [-0.2, -0.15) is 0 Å². The second-order valence-electron chi connectivity index (χ2n) is 7.33. The van der Waals surface area contributed by atoms with Gasteiger partial charge < -0.3 is 18.9 Å². The second kappa shape index (κ2) is 6.31. The molecular formula is C21H19N3O5. The fraction of sp³-hybridized carbons (Fsp3) is 0.286. The number of aromatic nitrogens is 1. The number of benzene rings is 1. The Kier molecular flexibility index (Phi) is 3.85. The number of nitrogens with one attached hydrogen (secondary N) is 2. The molecule has 0 saturated carbocycles. The van der Waals surface area contributed by atoms with E-state index < -0.39 is 5.54 Å². The summed E-state index contributed by atoms with van der Waals surface area (Å²) in [5, 5.41) is 8.81. The average Bonchev–Trinajstić information content (AvgIpc) is 3.04. The zero-order chi connectivity index (χ0) is 20.2. The summed E-state index contributed by atoms with van der Waals surface area (Å²) in [5.74, 6) is 1.06. The SMILES string of the molecule is Cc1oc2ccc(OCc3ccc[nH]c3=O)cc2c1C(=O)N1C(=N)C12CCOC2. The van der Waals surface area contributed by atoms with E-state index in [1.807, 2.05) is 0 Å². The highest BCUT2D eigenvalue weighted by Gasteiger charge is 2.64. The van der Waals surface area contributed by atoms with Gasteiger partial charge in [-0.05, 0) is 37.3 Å². The summed E-state index contributed by atoms with van der Waals surface area (Å²) >= 11 is 0. The highest BCUT2D eigenvalue weighted by atomic mass is 16.5. The summed E-state index contributed by atoms with van der Waals surface area (Å²) in [5.41, 5.74) is 0.716. The number of pyridine rings is 1. The molecule has 3 aromatic rings. The van der Waals surface area contributed by atoms with Gasteiger partial charge in [0.15, 0.2) is 0 Å². The van der Waals surface area contributed by atoms with Gasteiger partial charge in [-0.1, -0.05) is 0 Å². The maximum absolute atomic E-state index is 13.2. The molecule has 148 valence electrons. The zero-order valence-corrected chi connectivity index (χ0v) is 15.8. The molecular weight excluding hydrogens is 374 g/mol. The summed E-state index contributed by atoms with van der Waals surface area (Å²) in [7, 11) is 0. The second-order valence-corrected chi connectivity index (χ2v) is 7.33. The highest BCUT2D eigenvalue weighted by molar-refractivity contribution is 6.24. The molecule has 1 spiro atoms. The Balaban J connectivity index is 1.45. The number of nitrogens with zero attached hydrogens (tertiary/aromatic N) is 1. The number of rotatable bonds is 4. The number of amides is 1. The van der Waals surface area contributed by atoms with E-state index in [2.05, 4.69) is 4.98 Å². The zero-order valence-electron chi connectivity index (χ0n) is 15.8. The number of H-pyrrole nitrogens is 1. The number of amidine groups is 1. The van der Waals surface area contributed by atoms with Gasteiger partial charge in [0.25, 0.3) is 11.5 Å². The molecule has 8 heteroatoms. The van der Waals surface area contributed by atoms with E-state index in [-0.39, 0.29) is 18.1 Å². The van der Waals surface area contributed by atoms with Crippen LogP contribution in [0.25, 0.3) is 11.0 Å². The summed E-state index contributed by atoms with van der Waals surface area (Å²) in [4.78, 5) is 29.1. The molecule has 1 atom stereocenters. The van der Waals surface area contributed by atoms with Crippen LogP contribution >= 0.6 is 0 Å². The molecule has 0 radical (unpaired) electrons. The van der Waals surface area contributed by atoms with Crippen LogP contribution in [0.1, 0.15) is 28.1 Å². The first-order valence-electron chi connectivity index (χ1n) is 9.35. The van der Waals surface area contributed by atoms with Gasteiger partial charge in [-0.15, -0.1) is 0 Å². The molecule has 1 amide bonds. The number of aryl methyl sites for hydroxylation is 1. The van der Waals surface area contributed by atoms with Crippen LogP contribution < -0.4 is 10.3 Å². The van der Waals surface area contributed by atoms with Crippen LogP contribution in [0.4, 0.5) is 0 Å². The van der Waals surface area contributed by atoms with Crippen LogP contribution in [-0.2, 0) is 11.3 Å². The van der Waals surface area contributed by atoms with Gasteiger partial charge in [0.1, 0.15) is 35.1 Å². The Morgan fingerprint density at radius 1 is 1.38 bits per heavy atom. The van der Waals surface area contributed by atoms with Crippen LogP contribution in [0.3, 0.4) is 0 Å². The summed E-state index contributed by atoms with van der Waals surface area (Å²) in [6, 6.07) is 8.65. The third kappa shape index (κ3) is 2.67. The Morgan fingerprint density at radius 3 is 3.00 bits per heavy atom. The summed E-state index contributed by atoms with van der Waals surface area (Å²) < 4.78 is 16.9. The van der Waals surface area contributed by atoms with Crippen molar-refractivity contribution in [3.8, 4) is 5.75 Å².